The number of piperazine rings is 1. The van der Waals surface area contributed by atoms with E-state index in [1.165, 1.54) is 17.2 Å². The first-order valence-electron chi connectivity index (χ1n) is 7.14. The third-order valence-corrected chi connectivity index (χ3v) is 5.41. The van der Waals surface area contributed by atoms with Crippen molar-refractivity contribution >= 4 is 11.8 Å². The summed E-state index contributed by atoms with van der Waals surface area (Å²) in [5, 5.41) is 8.97. The standard InChI is InChI=1S/C15H22N2OS/c18-10-9-16-5-7-17(8-6-16)11-13-12-19-15-4-2-1-3-14(13)15/h1-4,13,18H,5-12H2. The van der Waals surface area contributed by atoms with E-state index in [9.17, 15) is 0 Å². The second kappa shape index (κ2) is 6.27. The number of β-amino-alcohol motifs (C(OH)–C–C–N with tert-alkyl or cyclic N) is 1. The zero-order valence-corrected chi connectivity index (χ0v) is 12.1. The van der Waals surface area contributed by atoms with Crippen LogP contribution in [-0.2, 0) is 0 Å². The monoisotopic (exact) mass is 278 g/mol. The molecule has 0 amide bonds. The second-order valence-corrected chi connectivity index (χ2v) is 6.47. The zero-order valence-electron chi connectivity index (χ0n) is 11.3. The van der Waals surface area contributed by atoms with Crippen LogP contribution in [-0.4, -0.2) is 66.5 Å². The molecule has 0 aliphatic carbocycles. The van der Waals surface area contributed by atoms with Crippen LogP contribution in [0.5, 0.6) is 0 Å². The van der Waals surface area contributed by atoms with E-state index in [0.29, 0.717) is 5.92 Å². The summed E-state index contributed by atoms with van der Waals surface area (Å²) in [7, 11) is 0. The van der Waals surface area contributed by atoms with Crippen molar-refractivity contribution in [2.75, 3.05) is 51.6 Å². The molecule has 0 radical (unpaired) electrons. The molecule has 1 saturated heterocycles. The Hall–Kier alpha value is -0.550. The number of nitrogens with zero attached hydrogens (tertiary/aromatic N) is 2. The average molecular weight is 278 g/mol. The van der Waals surface area contributed by atoms with Crippen molar-refractivity contribution in [2.45, 2.75) is 10.8 Å². The number of aliphatic hydroxyl groups excluding tert-OH is 1. The van der Waals surface area contributed by atoms with Gasteiger partial charge in [0.1, 0.15) is 0 Å². The highest BCUT2D eigenvalue weighted by atomic mass is 32.2. The minimum absolute atomic E-state index is 0.284. The molecule has 0 bridgehead atoms. The molecule has 1 aromatic carbocycles. The quantitative estimate of drug-likeness (QED) is 0.903. The van der Waals surface area contributed by atoms with Gasteiger partial charge >= 0.3 is 0 Å². The molecule has 2 aliphatic rings. The lowest BCUT2D eigenvalue weighted by Crippen LogP contribution is -2.48. The van der Waals surface area contributed by atoms with Crippen molar-refractivity contribution < 1.29 is 5.11 Å². The van der Waals surface area contributed by atoms with Crippen LogP contribution in [0.3, 0.4) is 0 Å². The molecule has 2 heterocycles. The Morgan fingerprint density at radius 3 is 2.63 bits per heavy atom. The third kappa shape index (κ3) is 3.14. The summed E-state index contributed by atoms with van der Waals surface area (Å²) in [5.74, 6) is 1.93. The van der Waals surface area contributed by atoms with Gasteiger partial charge in [0.2, 0.25) is 0 Å². The maximum absolute atomic E-state index is 8.97. The molecule has 4 heteroatoms. The van der Waals surface area contributed by atoms with Gasteiger partial charge in [-0.15, -0.1) is 11.8 Å². The van der Waals surface area contributed by atoms with Crippen LogP contribution < -0.4 is 0 Å². The smallest absolute Gasteiger partial charge is 0.0558 e. The maximum atomic E-state index is 8.97. The van der Waals surface area contributed by atoms with Crippen molar-refractivity contribution in [1.29, 1.82) is 0 Å². The lowest BCUT2D eigenvalue weighted by molar-refractivity contribution is 0.110. The first kappa shape index (κ1) is 13.4. The largest absolute Gasteiger partial charge is 0.395 e. The molecular formula is C15H22N2OS. The highest BCUT2D eigenvalue weighted by molar-refractivity contribution is 7.99. The molecule has 1 fully saturated rings. The third-order valence-electron chi connectivity index (χ3n) is 4.16. The van der Waals surface area contributed by atoms with Crippen LogP contribution in [0, 0.1) is 0 Å². The molecule has 104 valence electrons. The average Bonchev–Trinajstić information content (AvgIpc) is 2.85. The van der Waals surface area contributed by atoms with Gasteiger partial charge < -0.3 is 10.0 Å². The van der Waals surface area contributed by atoms with E-state index in [1.54, 1.807) is 5.56 Å². The van der Waals surface area contributed by atoms with Gasteiger partial charge in [0.15, 0.2) is 0 Å². The van der Waals surface area contributed by atoms with Crippen molar-refractivity contribution in [3.05, 3.63) is 29.8 Å². The molecule has 1 N–H and O–H groups in total. The minimum Gasteiger partial charge on any atom is -0.395 e. The first-order chi connectivity index (χ1) is 9.36. The molecule has 2 aliphatic heterocycles. The van der Waals surface area contributed by atoms with Crippen molar-refractivity contribution in [1.82, 2.24) is 9.80 Å². The highest BCUT2D eigenvalue weighted by Gasteiger charge is 2.26. The Kier molecular flexibility index (Phi) is 4.43. The molecule has 0 aromatic heterocycles. The molecule has 1 aromatic rings. The Balaban J connectivity index is 1.54. The predicted octanol–water partition coefficient (Wildman–Crippen LogP) is 1.49. The Morgan fingerprint density at radius 1 is 1.11 bits per heavy atom. The van der Waals surface area contributed by atoms with Crippen molar-refractivity contribution in [3.63, 3.8) is 0 Å². The number of aliphatic hydroxyl groups is 1. The summed E-state index contributed by atoms with van der Waals surface area (Å²) in [5.41, 5.74) is 1.55. The van der Waals surface area contributed by atoms with Gasteiger partial charge in [-0.05, 0) is 11.6 Å². The molecule has 1 atom stereocenters. The lowest BCUT2D eigenvalue weighted by atomic mass is 10.0. The maximum Gasteiger partial charge on any atom is 0.0558 e. The SMILES string of the molecule is OCCN1CCN(CC2CSc3ccccc32)CC1. The van der Waals surface area contributed by atoms with E-state index in [4.69, 9.17) is 5.11 Å². The number of rotatable bonds is 4. The van der Waals surface area contributed by atoms with Gasteiger partial charge in [0, 0.05) is 55.8 Å². The Bertz CT molecular complexity index is 418. The van der Waals surface area contributed by atoms with E-state index in [-0.39, 0.29) is 6.61 Å². The van der Waals surface area contributed by atoms with Gasteiger partial charge in [-0.2, -0.15) is 0 Å². The minimum atomic E-state index is 0.284. The number of hydrogen-bond acceptors (Lipinski definition) is 4. The normalized spacial score (nSPS) is 24.6. The van der Waals surface area contributed by atoms with Crippen molar-refractivity contribution in [2.24, 2.45) is 0 Å². The summed E-state index contributed by atoms with van der Waals surface area (Å²) >= 11 is 2.00. The van der Waals surface area contributed by atoms with Gasteiger partial charge in [0.25, 0.3) is 0 Å². The molecule has 1 unspecified atom stereocenters. The summed E-state index contributed by atoms with van der Waals surface area (Å²) in [6.07, 6.45) is 0. The number of hydrogen-bond donors (Lipinski definition) is 1. The zero-order chi connectivity index (χ0) is 13.1. The number of benzene rings is 1. The lowest BCUT2D eigenvalue weighted by Gasteiger charge is -2.35. The van der Waals surface area contributed by atoms with Crippen molar-refractivity contribution in [3.8, 4) is 0 Å². The summed E-state index contributed by atoms with van der Waals surface area (Å²) in [6, 6.07) is 8.85. The summed E-state index contributed by atoms with van der Waals surface area (Å²) in [4.78, 5) is 6.42. The number of thioether (sulfide) groups is 1. The van der Waals surface area contributed by atoms with Crippen LogP contribution >= 0.6 is 11.8 Å². The number of fused-ring (bicyclic) bond motifs is 1. The van der Waals surface area contributed by atoms with E-state index in [0.717, 1.165) is 32.7 Å². The summed E-state index contributed by atoms with van der Waals surface area (Å²) in [6.45, 7) is 6.79. The fraction of sp³-hybridized carbons (Fsp3) is 0.600. The van der Waals surface area contributed by atoms with E-state index >= 15 is 0 Å². The van der Waals surface area contributed by atoms with Gasteiger partial charge in [0.05, 0.1) is 6.61 Å². The molecule has 3 rings (SSSR count). The Morgan fingerprint density at radius 2 is 1.84 bits per heavy atom. The fourth-order valence-corrected chi connectivity index (χ4v) is 4.27. The van der Waals surface area contributed by atoms with Gasteiger partial charge in [-0.1, -0.05) is 18.2 Å². The van der Waals surface area contributed by atoms with Gasteiger partial charge in [-0.25, -0.2) is 0 Å². The van der Waals surface area contributed by atoms with Crippen LogP contribution in [0.2, 0.25) is 0 Å². The van der Waals surface area contributed by atoms with Crippen LogP contribution in [0.15, 0.2) is 29.2 Å². The molecule has 19 heavy (non-hydrogen) atoms. The van der Waals surface area contributed by atoms with Crippen LogP contribution in [0.1, 0.15) is 11.5 Å². The molecule has 3 nitrogen and oxygen atoms in total. The second-order valence-electron chi connectivity index (χ2n) is 5.41. The Labute approximate surface area is 119 Å². The summed E-state index contributed by atoms with van der Waals surface area (Å²) < 4.78 is 0. The van der Waals surface area contributed by atoms with E-state index < -0.39 is 0 Å². The molecule has 0 spiro atoms. The van der Waals surface area contributed by atoms with E-state index in [1.807, 2.05) is 11.8 Å². The fourth-order valence-electron chi connectivity index (χ4n) is 3.03. The molecular weight excluding hydrogens is 256 g/mol. The van der Waals surface area contributed by atoms with Gasteiger partial charge in [-0.3, -0.25) is 4.90 Å². The van der Waals surface area contributed by atoms with Crippen LogP contribution in [0.4, 0.5) is 0 Å². The first-order valence-corrected chi connectivity index (χ1v) is 8.12. The van der Waals surface area contributed by atoms with Crippen LogP contribution in [0.25, 0.3) is 0 Å². The highest BCUT2D eigenvalue weighted by Crippen LogP contribution is 2.39. The molecule has 0 saturated carbocycles. The predicted molar refractivity (Wildman–Crippen MR) is 79.9 cm³/mol. The van der Waals surface area contributed by atoms with E-state index in [2.05, 4.69) is 34.1 Å². The topological polar surface area (TPSA) is 26.7 Å².